The number of nitrogens with one attached hydrogen (secondary N) is 1. The molecule has 6 N–H and O–H groups in total. The molecule has 0 aromatic carbocycles. The number of carbonyl (C=O) groups is 2. The summed E-state index contributed by atoms with van der Waals surface area (Å²) in [6.45, 7) is -0.667. The Hall–Kier alpha value is -0.230. The number of urea groups is 1. The van der Waals surface area contributed by atoms with E-state index in [1.54, 1.807) is 11.8 Å². The lowest BCUT2D eigenvalue weighted by Gasteiger charge is -2.26. The van der Waals surface area contributed by atoms with Crippen molar-refractivity contribution in [3.05, 3.63) is 0 Å². The molecule has 24 heteroatoms. The second-order valence-corrected chi connectivity index (χ2v) is 16.5. The van der Waals surface area contributed by atoms with Gasteiger partial charge in [-0.2, -0.15) is 24.7 Å². The summed E-state index contributed by atoms with van der Waals surface area (Å²) >= 11 is 1.70. The molecule has 0 bridgehead atoms. The fraction of sp³-hybridized carbons (Fsp3) is 0.882. The van der Waals surface area contributed by atoms with E-state index in [-0.39, 0.29) is 42.3 Å². The summed E-state index contributed by atoms with van der Waals surface area (Å²) in [7, 11) is -23.1. The number of fused-ring (bicyclic) bond motifs is 1. The zero-order chi connectivity index (χ0) is 31.5. The zero-order valence-electron chi connectivity index (χ0n) is 22.4. The topological polar surface area (TPSA) is 274 Å². The van der Waals surface area contributed by atoms with Crippen molar-refractivity contribution >= 4 is 54.9 Å². The first-order valence-electron chi connectivity index (χ1n) is 12.5. The van der Waals surface area contributed by atoms with E-state index in [0.717, 1.165) is 19.3 Å². The first kappa shape index (κ1) is 33.7. The van der Waals surface area contributed by atoms with Crippen molar-refractivity contribution in [2.24, 2.45) is 0 Å². The van der Waals surface area contributed by atoms with Crippen LogP contribution >= 0.6 is 43.1 Å². The molecule has 19 nitrogen and oxygen atoms in total. The standard InChI is InChI=1S/C17H32N2O17P4S/c1-11(20)4-2-3-5-15-16-12(9-41-15)19(17(21)18-16)10-32-13-6-7-31-14(13)8-33-38(25,26)35-40(29,30)36-39(27,28)34-37(22,23)24/h12-16H,2-10H2,1H3,(H,18,21)(H,25,26)(H,27,28)(H,29,30)(H2,22,23,24)/t12?,13?,14-,15?,16?/m1/s1/i7T/t7-,12?,13?,14+,15?,16?/m0. The van der Waals surface area contributed by atoms with E-state index >= 15 is 0 Å². The van der Waals surface area contributed by atoms with Crippen LogP contribution in [0, 0.1) is 0 Å². The number of ketones is 1. The molecule has 7 unspecified atom stereocenters. The number of phosphoric acid groups is 4. The fourth-order valence-corrected chi connectivity index (χ4v) is 10.4. The van der Waals surface area contributed by atoms with Crippen molar-refractivity contribution in [1.82, 2.24) is 10.2 Å². The minimum Gasteiger partial charge on any atom is -0.373 e. The van der Waals surface area contributed by atoms with Crippen LogP contribution < -0.4 is 5.32 Å². The number of hydrogen-bond acceptors (Lipinski definition) is 13. The molecule has 3 aliphatic rings. The number of Topliss-reactive ketones (excluding diaryl/α,β-unsaturated/α-hetero) is 1. The molecule has 0 spiro atoms. The zero-order valence-corrected chi connectivity index (χ0v) is 25.8. The van der Waals surface area contributed by atoms with Gasteiger partial charge >= 0.3 is 37.3 Å². The number of phosphoric ester groups is 1. The largest absolute Gasteiger partial charge is 0.490 e. The predicted octanol–water partition coefficient (Wildman–Crippen LogP) is 1.61. The molecular formula is C17H32N2O17P4S. The Morgan fingerprint density at radius 2 is 1.76 bits per heavy atom. The van der Waals surface area contributed by atoms with Gasteiger partial charge in [-0.3, -0.25) is 9.42 Å². The summed E-state index contributed by atoms with van der Waals surface area (Å²) in [5.74, 6) is 0.771. The number of nitrogens with zero attached hydrogens (tertiary/aromatic N) is 1. The van der Waals surface area contributed by atoms with Crippen molar-refractivity contribution in [1.29, 1.82) is 0 Å². The molecule has 0 saturated carbocycles. The molecular weight excluding hydrogens is 660 g/mol. The lowest BCUT2D eigenvalue weighted by atomic mass is 10.0. The third-order valence-corrected chi connectivity index (χ3v) is 12.9. The molecule has 0 radical (unpaired) electrons. The van der Waals surface area contributed by atoms with Gasteiger partial charge in [0.1, 0.15) is 18.6 Å². The number of hydrogen-bond donors (Lipinski definition) is 6. The van der Waals surface area contributed by atoms with Crippen molar-refractivity contribution < 1.29 is 80.6 Å². The highest BCUT2D eigenvalue weighted by molar-refractivity contribution is 8.00. The summed E-state index contributed by atoms with van der Waals surface area (Å²) in [4.78, 5) is 70.7. The average molecular weight is 694 g/mol. The second-order valence-electron chi connectivity index (χ2n) is 9.18. The third-order valence-electron chi connectivity index (χ3n) is 5.98. The quantitative estimate of drug-likeness (QED) is 0.0716. The Morgan fingerprint density at radius 3 is 2.41 bits per heavy atom. The monoisotopic (exact) mass is 694 g/mol. The van der Waals surface area contributed by atoms with Crippen molar-refractivity contribution in [3.8, 4) is 0 Å². The van der Waals surface area contributed by atoms with E-state index in [1.807, 2.05) is 0 Å². The maximum absolute atomic E-state index is 12.6. The molecule has 0 aromatic heterocycles. The number of thioether (sulfide) groups is 1. The van der Waals surface area contributed by atoms with Gasteiger partial charge in [0.25, 0.3) is 0 Å². The minimum absolute atomic E-state index is 0.0310. The van der Waals surface area contributed by atoms with Crippen molar-refractivity contribution in [3.63, 3.8) is 0 Å². The van der Waals surface area contributed by atoms with Gasteiger partial charge in [-0.05, 0) is 26.2 Å². The van der Waals surface area contributed by atoms with Crippen LogP contribution in [-0.2, 0) is 50.0 Å². The average Bonchev–Trinajstić information content (AvgIpc) is 3.43. The highest BCUT2D eigenvalue weighted by Crippen LogP contribution is 2.70. The van der Waals surface area contributed by atoms with Crippen LogP contribution in [0.5, 0.6) is 0 Å². The number of unbranched alkanes of at least 4 members (excludes halogenated alkanes) is 1. The minimum atomic E-state index is -5.97. The van der Waals surface area contributed by atoms with E-state index in [1.165, 1.54) is 11.8 Å². The Labute approximate surface area is 240 Å². The molecule has 3 saturated heterocycles. The molecule has 3 fully saturated rings. The Morgan fingerprint density at radius 1 is 1.10 bits per heavy atom. The van der Waals surface area contributed by atoms with Crippen molar-refractivity contribution in [2.45, 2.75) is 68.6 Å². The molecule has 0 aliphatic carbocycles. The first-order valence-corrected chi connectivity index (χ1v) is 19.0. The van der Waals surface area contributed by atoms with Crippen LogP contribution in [0.4, 0.5) is 4.79 Å². The Kier molecular flexibility index (Phi) is 11.7. The van der Waals surface area contributed by atoms with E-state index < -0.39 is 56.7 Å². The predicted molar refractivity (Wildman–Crippen MR) is 138 cm³/mol. The molecule has 2 amide bonds. The van der Waals surface area contributed by atoms with Crippen LogP contribution in [-0.4, -0.2) is 96.4 Å². The van der Waals surface area contributed by atoms with E-state index in [4.69, 9.17) is 25.5 Å². The molecule has 238 valence electrons. The summed E-state index contributed by atoms with van der Waals surface area (Å²) in [5.41, 5.74) is 0. The first-order chi connectivity index (χ1) is 19.3. The van der Waals surface area contributed by atoms with Crippen LogP contribution in [0.2, 0.25) is 0 Å². The Bertz CT molecular complexity index is 1190. The normalized spacial score (nSPS) is 33.0. The third kappa shape index (κ3) is 11.3. The molecule has 3 rings (SSSR count). The molecule has 0 aromatic rings. The molecule has 9 atom stereocenters. The fourth-order valence-electron chi connectivity index (χ4n) is 4.29. The van der Waals surface area contributed by atoms with Gasteiger partial charge in [-0.1, -0.05) is 6.42 Å². The van der Waals surface area contributed by atoms with Gasteiger partial charge < -0.3 is 44.1 Å². The van der Waals surface area contributed by atoms with Gasteiger partial charge in [0.2, 0.25) is 0 Å². The van der Waals surface area contributed by atoms with Crippen LogP contribution in [0.25, 0.3) is 0 Å². The van der Waals surface area contributed by atoms with Crippen molar-refractivity contribution in [2.75, 3.05) is 25.7 Å². The van der Waals surface area contributed by atoms with Crippen LogP contribution in [0.3, 0.4) is 0 Å². The number of carbonyl (C=O) groups excluding carboxylic acids is 2. The summed E-state index contributed by atoms with van der Waals surface area (Å²) in [5, 5.41) is 3.11. The smallest absolute Gasteiger partial charge is 0.373 e. The maximum Gasteiger partial charge on any atom is 0.490 e. The highest BCUT2D eigenvalue weighted by Gasteiger charge is 2.49. The van der Waals surface area contributed by atoms with Gasteiger partial charge in [0.05, 0.1) is 26.2 Å². The van der Waals surface area contributed by atoms with Gasteiger partial charge in [-0.25, -0.2) is 23.1 Å². The van der Waals surface area contributed by atoms with Crippen LogP contribution in [0.15, 0.2) is 0 Å². The summed E-state index contributed by atoms with van der Waals surface area (Å²) in [6, 6.07) is -0.656. The highest BCUT2D eigenvalue weighted by atomic mass is 32.2. The second kappa shape index (κ2) is 14.2. The Balaban J connectivity index is 1.50. The summed E-state index contributed by atoms with van der Waals surface area (Å²) in [6.07, 6.45) is 0.797. The van der Waals surface area contributed by atoms with Gasteiger partial charge in [0.15, 0.2) is 0 Å². The number of rotatable bonds is 17. The van der Waals surface area contributed by atoms with Gasteiger partial charge in [0, 0.05) is 24.0 Å². The molecule has 3 aliphatic heterocycles. The van der Waals surface area contributed by atoms with Gasteiger partial charge in [-0.15, -0.1) is 0 Å². The lowest BCUT2D eigenvalue weighted by Crippen LogP contribution is -2.41. The van der Waals surface area contributed by atoms with Crippen LogP contribution in [0.1, 0.15) is 40.4 Å². The summed E-state index contributed by atoms with van der Waals surface area (Å²) < 4.78 is 80.3. The van der Waals surface area contributed by atoms with E-state index in [0.29, 0.717) is 12.2 Å². The van der Waals surface area contributed by atoms with E-state index in [9.17, 15) is 37.6 Å². The maximum atomic E-state index is 12.6. The van der Waals surface area contributed by atoms with E-state index in [2.05, 4.69) is 22.8 Å². The molecule has 41 heavy (non-hydrogen) atoms. The lowest BCUT2D eigenvalue weighted by molar-refractivity contribution is -0.117. The molecule has 3 heterocycles. The SMILES string of the molecule is [3H][C@H]1CC(OCN2C(=O)NC3C(CCCCC(C)=O)SCC32)[C@@H](COP(=O)(O)OP(=O)(O)OP(=O)(O)OP(=O)(O)O)O1. The number of amides is 2. The number of ether oxygens (including phenoxy) is 2.